The number of hydrogen-bond acceptors (Lipinski definition) is 3. The average molecular weight is 358 g/mol. The normalized spacial score (nSPS) is 13.5. The molecule has 0 aliphatic carbocycles. The highest BCUT2D eigenvalue weighted by Gasteiger charge is 2.13. The van der Waals surface area contributed by atoms with E-state index in [1.165, 1.54) is 21.1 Å². The van der Waals surface area contributed by atoms with Crippen LogP contribution in [0, 0.1) is 0 Å². The monoisotopic (exact) mass is 357 g/mol. The Balaban J connectivity index is 1.67. The van der Waals surface area contributed by atoms with Crippen LogP contribution in [-0.4, -0.2) is 14.5 Å². The van der Waals surface area contributed by atoms with Crippen LogP contribution in [0.25, 0.3) is 16.2 Å². The molecule has 0 saturated carbocycles. The Morgan fingerprint density at radius 1 is 1.08 bits per heavy atom. The second-order valence-electron chi connectivity index (χ2n) is 5.74. The van der Waals surface area contributed by atoms with Gasteiger partial charge in [-0.25, -0.2) is 13.1 Å². The fraction of sp³-hybridized carbons (Fsp3) is 0.158. The molecular formula is C19H19NO2S2. The number of nitrogens with one attached hydrogen (secondary N) is 1. The van der Waals surface area contributed by atoms with E-state index in [-0.39, 0.29) is 6.04 Å². The first-order valence-electron chi connectivity index (χ1n) is 7.74. The maximum Gasteiger partial charge on any atom is 0.233 e. The molecule has 3 rings (SSSR count). The van der Waals surface area contributed by atoms with Gasteiger partial charge in [0.2, 0.25) is 10.0 Å². The highest BCUT2D eigenvalue weighted by molar-refractivity contribution is 7.92. The molecule has 0 amide bonds. The van der Waals surface area contributed by atoms with Crippen molar-refractivity contribution in [3.05, 3.63) is 76.5 Å². The SMILES string of the molecule is C[C@@H](Cc1csc2ccccc12)NS(=O)(=O)/C=C/c1ccccc1. The van der Waals surface area contributed by atoms with E-state index in [0.717, 1.165) is 5.56 Å². The van der Waals surface area contributed by atoms with E-state index in [2.05, 4.69) is 22.2 Å². The van der Waals surface area contributed by atoms with Crippen LogP contribution in [0.5, 0.6) is 0 Å². The third-order valence-corrected chi connectivity index (χ3v) is 5.93. The van der Waals surface area contributed by atoms with Gasteiger partial charge >= 0.3 is 0 Å². The average Bonchev–Trinajstić information content (AvgIpc) is 2.97. The molecule has 1 N–H and O–H groups in total. The first-order valence-corrected chi connectivity index (χ1v) is 10.2. The molecule has 2 aromatic carbocycles. The summed E-state index contributed by atoms with van der Waals surface area (Å²) in [5.74, 6) is 0. The Morgan fingerprint density at radius 3 is 2.58 bits per heavy atom. The van der Waals surface area contributed by atoms with E-state index in [0.29, 0.717) is 6.42 Å². The third kappa shape index (κ3) is 4.32. The number of sulfonamides is 1. The molecule has 0 radical (unpaired) electrons. The van der Waals surface area contributed by atoms with Gasteiger partial charge < -0.3 is 0 Å². The lowest BCUT2D eigenvalue weighted by atomic mass is 10.1. The zero-order valence-corrected chi connectivity index (χ0v) is 15.0. The zero-order valence-electron chi connectivity index (χ0n) is 13.3. The highest BCUT2D eigenvalue weighted by atomic mass is 32.2. The van der Waals surface area contributed by atoms with Crippen molar-refractivity contribution >= 4 is 37.5 Å². The fourth-order valence-corrected chi connectivity index (χ4v) is 4.65. The van der Waals surface area contributed by atoms with E-state index in [9.17, 15) is 8.42 Å². The number of hydrogen-bond donors (Lipinski definition) is 1. The lowest BCUT2D eigenvalue weighted by Crippen LogP contribution is -2.32. The number of benzene rings is 2. The van der Waals surface area contributed by atoms with E-state index in [1.807, 2.05) is 49.4 Å². The first kappa shape index (κ1) is 16.9. The largest absolute Gasteiger partial charge is 0.233 e. The van der Waals surface area contributed by atoms with Crippen LogP contribution in [0.1, 0.15) is 18.1 Å². The minimum absolute atomic E-state index is 0.173. The van der Waals surface area contributed by atoms with Gasteiger partial charge in [-0.1, -0.05) is 48.5 Å². The van der Waals surface area contributed by atoms with E-state index in [1.54, 1.807) is 17.4 Å². The molecule has 0 fully saturated rings. The summed E-state index contributed by atoms with van der Waals surface area (Å²) in [6, 6.07) is 17.4. The van der Waals surface area contributed by atoms with Crippen molar-refractivity contribution < 1.29 is 8.42 Å². The third-order valence-electron chi connectivity index (χ3n) is 3.69. The van der Waals surface area contributed by atoms with Gasteiger partial charge in [-0.2, -0.15) is 0 Å². The lowest BCUT2D eigenvalue weighted by Gasteiger charge is -2.12. The molecule has 0 bridgehead atoms. The molecule has 0 saturated heterocycles. The van der Waals surface area contributed by atoms with Crippen LogP contribution in [0.2, 0.25) is 0 Å². The van der Waals surface area contributed by atoms with Crippen molar-refractivity contribution in [3.8, 4) is 0 Å². The molecule has 3 aromatic rings. The minimum atomic E-state index is -3.46. The topological polar surface area (TPSA) is 46.2 Å². The molecule has 3 nitrogen and oxygen atoms in total. The molecular weight excluding hydrogens is 338 g/mol. The molecule has 1 atom stereocenters. The quantitative estimate of drug-likeness (QED) is 0.710. The molecule has 0 unspecified atom stereocenters. The summed E-state index contributed by atoms with van der Waals surface area (Å²) in [5, 5.41) is 4.54. The summed E-state index contributed by atoms with van der Waals surface area (Å²) in [7, 11) is -3.46. The van der Waals surface area contributed by atoms with E-state index in [4.69, 9.17) is 0 Å². The molecule has 0 spiro atoms. The molecule has 24 heavy (non-hydrogen) atoms. The van der Waals surface area contributed by atoms with Crippen molar-refractivity contribution in [1.29, 1.82) is 0 Å². The highest BCUT2D eigenvalue weighted by Crippen LogP contribution is 2.26. The van der Waals surface area contributed by atoms with Crippen molar-refractivity contribution in [3.63, 3.8) is 0 Å². The van der Waals surface area contributed by atoms with Gasteiger partial charge in [-0.15, -0.1) is 11.3 Å². The Labute approximate surface area is 146 Å². The first-order chi connectivity index (χ1) is 11.5. The zero-order chi connectivity index (χ0) is 17.0. The minimum Gasteiger partial charge on any atom is -0.209 e. The Bertz CT molecular complexity index is 944. The van der Waals surface area contributed by atoms with Crippen LogP contribution < -0.4 is 4.72 Å². The maximum absolute atomic E-state index is 12.2. The Kier molecular flexibility index (Phi) is 5.14. The standard InChI is InChI=1S/C19H19NO2S2/c1-15(13-17-14-23-19-10-6-5-9-18(17)19)20-24(21,22)12-11-16-7-3-2-4-8-16/h2-12,14-15,20H,13H2,1H3/b12-11+/t15-/m0/s1. The van der Waals surface area contributed by atoms with E-state index < -0.39 is 10.0 Å². The fourth-order valence-electron chi connectivity index (χ4n) is 2.61. The summed E-state index contributed by atoms with van der Waals surface area (Å²) >= 11 is 1.69. The molecule has 1 aromatic heterocycles. The number of thiophene rings is 1. The lowest BCUT2D eigenvalue weighted by molar-refractivity contribution is 0.569. The van der Waals surface area contributed by atoms with Gasteiger partial charge in [0.1, 0.15) is 0 Å². The van der Waals surface area contributed by atoms with Gasteiger partial charge in [0.25, 0.3) is 0 Å². The second kappa shape index (κ2) is 7.30. The number of fused-ring (bicyclic) bond motifs is 1. The van der Waals surface area contributed by atoms with Crippen LogP contribution >= 0.6 is 11.3 Å². The second-order valence-corrected chi connectivity index (χ2v) is 8.25. The van der Waals surface area contributed by atoms with Crippen molar-refractivity contribution in [2.45, 2.75) is 19.4 Å². The molecule has 1 heterocycles. The van der Waals surface area contributed by atoms with Crippen molar-refractivity contribution in [2.75, 3.05) is 0 Å². The maximum atomic E-state index is 12.2. The predicted molar refractivity (Wildman–Crippen MR) is 103 cm³/mol. The molecule has 0 aliphatic rings. The summed E-state index contributed by atoms with van der Waals surface area (Å²) in [5.41, 5.74) is 2.04. The summed E-state index contributed by atoms with van der Waals surface area (Å²) in [6.45, 7) is 1.89. The van der Waals surface area contributed by atoms with Crippen molar-refractivity contribution in [2.24, 2.45) is 0 Å². The van der Waals surface area contributed by atoms with Crippen LogP contribution in [-0.2, 0) is 16.4 Å². The van der Waals surface area contributed by atoms with Crippen molar-refractivity contribution in [1.82, 2.24) is 4.72 Å². The molecule has 0 aliphatic heterocycles. The summed E-state index contributed by atoms with van der Waals surface area (Å²) < 4.78 is 28.4. The smallest absolute Gasteiger partial charge is 0.209 e. The van der Waals surface area contributed by atoms with Gasteiger partial charge in [-0.3, -0.25) is 0 Å². The number of rotatable bonds is 6. The Morgan fingerprint density at radius 2 is 1.79 bits per heavy atom. The van der Waals surface area contributed by atoms with Gasteiger partial charge in [-0.05, 0) is 47.4 Å². The van der Waals surface area contributed by atoms with E-state index >= 15 is 0 Å². The predicted octanol–water partition coefficient (Wildman–Crippen LogP) is 4.42. The molecule has 124 valence electrons. The molecule has 5 heteroatoms. The Hall–Kier alpha value is -1.95. The van der Waals surface area contributed by atoms with Gasteiger partial charge in [0.15, 0.2) is 0 Å². The van der Waals surface area contributed by atoms with Crippen LogP contribution in [0.15, 0.2) is 65.4 Å². The van der Waals surface area contributed by atoms with Gasteiger partial charge in [0.05, 0.1) is 0 Å². The summed E-state index contributed by atoms with van der Waals surface area (Å²) in [4.78, 5) is 0. The van der Waals surface area contributed by atoms with Crippen LogP contribution in [0.4, 0.5) is 0 Å². The van der Waals surface area contributed by atoms with Crippen LogP contribution in [0.3, 0.4) is 0 Å². The summed E-state index contributed by atoms with van der Waals surface area (Å²) in [6.07, 6.45) is 2.28. The van der Waals surface area contributed by atoms with Gasteiger partial charge in [0, 0.05) is 16.1 Å².